The zero-order valence-electron chi connectivity index (χ0n) is 15.7. The number of benzene rings is 1. The van der Waals surface area contributed by atoms with Crippen LogP contribution < -0.4 is 20.1 Å². The summed E-state index contributed by atoms with van der Waals surface area (Å²) in [7, 11) is 5.08. The van der Waals surface area contributed by atoms with Crippen LogP contribution in [0, 0.1) is 0 Å². The van der Waals surface area contributed by atoms with Crippen molar-refractivity contribution in [2.75, 3.05) is 40.9 Å². The monoisotopic (exact) mass is 351 g/mol. The summed E-state index contributed by atoms with van der Waals surface area (Å²) < 4.78 is 10.5. The van der Waals surface area contributed by atoms with Gasteiger partial charge in [-0.3, -0.25) is 14.5 Å². The zero-order chi connectivity index (χ0) is 18.8. The second-order valence-corrected chi connectivity index (χ2v) is 6.18. The summed E-state index contributed by atoms with van der Waals surface area (Å²) in [5, 5.41) is 5.35. The first kappa shape index (κ1) is 20.8. The number of amides is 2. The summed E-state index contributed by atoms with van der Waals surface area (Å²) >= 11 is 0. The Morgan fingerprint density at radius 1 is 1.12 bits per heavy atom. The first-order valence-corrected chi connectivity index (χ1v) is 8.31. The molecule has 0 aliphatic rings. The molecule has 0 aliphatic heterocycles. The Balaban J connectivity index is 2.38. The third-order valence-electron chi connectivity index (χ3n) is 3.54. The highest BCUT2D eigenvalue weighted by atomic mass is 16.5. The second-order valence-electron chi connectivity index (χ2n) is 6.18. The first-order chi connectivity index (χ1) is 11.8. The van der Waals surface area contributed by atoms with Crippen LogP contribution in [0.15, 0.2) is 18.2 Å². The molecule has 0 unspecified atom stereocenters. The molecule has 7 heteroatoms. The van der Waals surface area contributed by atoms with Crippen molar-refractivity contribution < 1.29 is 19.1 Å². The molecule has 2 amide bonds. The zero-order valence-corrected chi connectivity index (χ0v) is 15.7. The standard InChI is InChI=1S/C18H29N3O4/c1-13(2)20-17(22)11-19-18(23)12-21(3)9-8-14-6-7-15(24-4)16(10-14)25-5/h6-7,10,13H,8-9,11-12H2,1-5H3,(H,19,23)(H,20,22). The van der Waals surface area contributed by atoms with Crippen molar-refractivity contribution >= 4 is 11.8 Å². The fourth-order valence-corrected chi connectivity index (χ4v) is 2.29. The predicted octanol–water partition coefficient (Wildman–Crippen LogP) is 0.819. The third kappa shape index (κ3) is 7.89. The predicted molar refractivity (Wildman–Crippen MR) is 97.0 cm³/mol. The minimum Gasteiger partial charge on any atom is -0.493 e. The van der Waals surface area contributed by atoms with Gasteiger partial charge >= 0.3 is 0 Å². The van der Waals surface area contributed by atoms with Gasteiger partial charge in [0.25, 0.3) is 0 Å². The number of carbonyl (C=O) groups is 2. The van der Waals surface area contributed by atoms with E-state index in [2.05, 4.69) is 10.6 Å². The maximum Gasteiger partial charge on any atom is 0.239 e. The van der Waals surface area contributed by atoms with Gasteiger partial charge in [0, 0.05) is 12.6 Å². The van der Waals surface area contributed by atoms with Gasteiger partial charge in [-0.25, -0.2) is 0 Å². The Hall–Kier alpha value is -2.28. The molecular weight excluding hydrogens is 322 g/mol. The van der Waals surface area contributed by atoms with E-state index < -0.39 is 0 Å². The van der Waals surface area contributed by atoms with Crippen molar-refractivity contribution in [1.82, 2.24) is 15.5 Å². The van der Waals surface area contributed by atoms with Crippen molar-refractivity contribution in [2.24, 2.45) is 0 Å². The van der Waals surface area contributed by atoms with E-state index in [4.69, 9.17) is 9.47 Å². The Bertz CT molecular complexity index is 575. The van der Waals surface area contributed by atoms with E-state index in [0.717, 1.165) is 12.0 Å². The minimum absolute atomic E-state index is 0.000528. The lowest BCUT2D eigenvalue weighted by molar-refractivity contribution is -0.126. The van der Waals surface area contributed by atoms with Gasteiger partial charge in [0.15, 0.2) is 11.5 Å². The Labute approximate surface area is 149 Å². The van der Waals surface area contributed by atoms with E-state index in [1.807, 2.05) is 44.0 Å². The van der Waals surface area contributed by atoms with Crippen molar-refractivity contribution in [3.8, 4) is 11.5 Å². The number of nitrogens with one attached hydrogen (secondary N) is 2. The van der Waals surface area contributed by atoms with E-state index in [1.54, 1.807) is 14.2 Å². The van der Waals surface area contributed by atoms with Gasteiger partial charge < -0.3 is 20.1 Å². The maximum absolute atomic E-state index is 11.9. The van der Waals surface area contributed by atoms with E-state index in [-0.39, 0.29) is 30.9 Å². The molecule has 0 radical (unpaired) electrons. The molecule has 1 rings (SSSR count). The average molecular weight is 351 g/mol. The van der Waals surface area contributed by atoms with Gasteiger partial charge in [-0.05, 0) is 45.0 Å². The molecule has 0 atom stereocenters. The maximum atomic E-state index is 11.9. The van der Waals surface area contributed by atoms with Gasteiger partial charge in [-0.2, -0.15) is 0 Å². The molecule has 0 heterocycles. The summed E-state index contributed by atoms with van der Waals surface area (Å²) in [5.74, 6) is 1.03. The molecule has 0 saturated heterocycles. The SMILES string of the molecule is COc1ccc(CCN(C)CC(=O)NCC(=O)NC(C)C)cc1OC. The van der Waals surface area contributed by atoms with Crippen molar-refractivity contribution in [3.63, 3.8) is 0 Å². The molecule has 0 saturated carbocycles. The number of rotatable bonds is 10. The second kappa shape index (κ2) is 10.6. The summed E-state index contributed by atoms with van der Waals surface area (Å²) in [4.78, 5) is 25.3. The van der Waals surface area contributed by atoms with Crippen LogP contribution in [0.1, 0.15) is 19.4 Å². The van der Waals surface area contributed by atoms with Crippen LogP contribution in [0.4, 0.5) is 0 Å². The van der Waals surface area contributed by atoms with Gasteiger partial charge in [0.2, 0.25) is 11.8 Å². The smallest absolute Gasteiger partial charge is 0.239 e. The quantitative estimate of drug-likeness (QED) is 0.652. The van der Waals surface area contributed by atoms with Crippen LogP contribution >= 0.6 is 0 Å². The fraction of sp³-hybridized carbons (Fsp3) is 0.556. The van der Waals surface area contributed by atoms with Gasteiger partial charge in [-0.1, -0.05) is 6.07 Å². The van der Waals surface area contributed by atoms with E-state index >= 15 is 0 Å². The molecule has 140 valence electrons. The largest absolute Gasteiger partial charge is 0.493 e. The van der Waals surface area contributed by atoms with Gasteiger partial charge in [-0.15, -0.1) is 0 Å². The van der Waals surface area contributed by atoms with Crippen molar-refractivity contribution in [3.05, 3.63) is 23.8 Å². The van der Waals surface area contributed by atoms with Crippen LogP contribution in [-0.2, 0) is 16.0 Å². The van der Waals surface area contributed by atoms with Crippen LogP contribution in [-0.4, -0.2) is 63.7 Å². The van der Waals surface area contributed by atoms with E-state index in [1.165, 1.54) is 0 Å². The highest BCUT2D eigenvalue weighted by Gasteiger charge is 2.10. The van der Waals surface area contributed by atoms with E-state index in [9.17, 15) is 9.59 Å². The Morgan fingerprint density at radius 2 is 1.80 bits per heavy atom. The molecule has 0 fully saturated rings. The molecule has 0 spiro atoms. The lowest BCUT2D eigenvalue weighted by atomic mass is 10.1. The van der Waals surface area contributed by atoms with Crippen molar-refractivity contribution in [1.29, 1.82) is 0 Å². The lowest BCUT2D eigenvalue weighted by Crippen LogP contribution is -2.43. The molecular formula is C18H29N3O4. The summed E-state index contributed by atoms with van der Waals surface area (Å²) in [6, 6.07) is 5.84. The van der Waals surface area contributed by atoms with E-state index in [0.29, 0.717) is 18.0 Å². The summed E-state index contributed by atoms with van der Waals surface area (Å²) in [6.07, 6.45) is 0.776. The molecule has 2 N–H and O–H groups in total. The lowest BCUT2D eigenvalue weighted by Gasteiger charge is -2.17. The summed E-state index contributed by atoms with van der Waals surface area (Å²) in [5.41, 5.74) is 1.10. The van der Waals surface area contributed by atoms with Crippen LogP contribution in [0.2, 0.25) is 0 Å². The highest BCUT2D eigenvalue weighted by molar-refractivity contribution is 5.85. The van der Waals surface area contributed by atoms with Crippen LogP contribution in [0.25, 0.3) is 0 Å². The van der Waals surface area contributed by atoms with Crippen LogP contribution in [0.3, 0.4) is 0 Å². The Morgan fingerprint density at radius 3 is 2.40 bits per heavy atom. The molecule has 7 nitrogen and oxygen atoms in total. The topological polar surface area (TPSA) is 79.9 Å². The molecule has 0 aliphatic carbocycles. The normalized spacial score (nSPS) is 10.7. The Kier molecular flexibility index (Phi) is 8.77. The number of hydrogen-bond donors (Lipinski definition) is 2. The van der Waals surface area contributed by atoms with Gasteiger partial charge in [0.05, 0.1) is 27.3 Å². The summed E-state index contributed by atoms with van der Waals surface area (Å²) in [6.45, 7) is 4.70. The molecule has 0 bridgehead atoms. The first-order valence-electron chi connectivity index (χ1n) is 8.31. The molecule has 1 aromatic rings. The number of ether oxygens (including phenoxy) is 2. The highest BCUT2D eigenvalue weighted by Crippen LogP contribution is 2.27. The minimum atomic E-state index is -0.184. The fourth-order valence-electron chi connectivity index (χ4n) is 2.29. The molecule has 1 aromatic carbocycles. The third-order valence-corrected chi connectivity index (χ3v) is 3.54. The number of methoxy groups -OCH3 is 2. The average Bonchev–Trinajstić information content (AvgIpc) is 2.57. The number of carbonyl (C=O) groups excluding carboxylic acids is 2. The van der Waals surface area contributed by atoms with Gasteiger partial charge in [0.1, 0.15) is 0 Å². The molecule has 25 heavy (non-hydrogen) atoms. The molecule has 0 aromatic heterocycles. The van der Waals surface area contributed by atoms with Crippen molar-refractivity contribution in [2.45, 2.75) is 26.3 Å². The number of hydrogen-bond acceptors (Lipinski definition) is 5. The number of likely N-dealkylation sites (N-methyl/N-ethyl adjacent to an activating group) is 1. The van der Waals surface area contributed by atoms with Crippen LogP contribution in [0.5, 0.6) is 11.5 Å². The number of nitrogens with zero attached hydrogens (tertiary/aromatic N) is 1.